The van der Waals surface area contributed by atoms with Gasteiger partial charge in [0.05, 0.1) is 16.8 Å². The molecule has 3 aromatic rings. The lowest BCUT2D eigenvalue weighted by Gasteiger charge is -2.14. The van der Waals surface area contributed by atoms with Crippen molar-refractivity contribution < 1.29 is 9.59 Å². The number of rotatable bonds is 6. The monoisotopic (exact) mass is 449 g/mol. The van der Waals surface area contributed by atoms with Gasteiger partial charge in [-0.3, -0.25) is 14.7 Å². The lowest BCUT2D eigenvalue weighted by atomic mass is 10.2. The largest absolute Gasteiger partial charge is 0.351 e. The first kappa shape index (κ1) is 21.2. The van der Waals surface area contributed by atoms with Gasteiger partial charge in [0, 0.05) is 10.6 Å². The van der Waals surface area contributed by atoms with E-state index in [2.05, 4.69) is 15.5 Å². The maximum atomic E-state index is 12.1. The Hall–Kier alpha value is -2.55. The molecule has 10 heteroatoms. The Morgan fingerprint density at radius 2 is 1.90 bits per heavy atom. The number of benzene rings is 2. The van der Waals surface area contributed by atoms with Crippen molar-refractivity contribution >= 4 is 46.9 Å². The van der Waals surface area contributed by atoms with E-state index in [4.69, 9.17) is 28.9 Å². The molecule has 0 spiro atoms. The molecule has 0 fully saturated rings. The van der Waals surface area contributed by atoms with Crippen LogP contribution in [0.4, 0.5) is 4.79 Å². The smallest absolute Gasteiger partial charge is 0.318 e. The summed E-state index contributed by atoms with van der Waals surface area (Å²) in [6.45, 7) is 2.12. The number of imide groups is 1. The third-order valence-electron chi connectivity index (χ3n) is 3.97. The zero-order valence-corrected chi connectivity index (χ0v) is 17.6. The van der Waals surface area contributed by atoms with Crippen LogP contribution >= 0.6 is 35.0 Å². The quantitative estimate of drug-likeness (QED) is 0.553. The summed E-state index contributed by atoms with van der Waals surface area (Å²) in [5, 5.41) is 11.4. The summed E-state index contributed by atoms with van der Waals surface area (Å²) in [4.78, 5) is 23.0. The number of urea groups is 1. The van der Waals surface area contributed by atoms with E-state index in [0.717, 1.165) is 17.3 Å². The molecule has 1 atom stereocenters. The van der Waals surface area contributed by atoms with E-state index < -0.39 is 17.2 Å². The molecule has 29 heavy (non-hydrogen) atoms. The minimum absolute atomic E-state index is 0.440. The summed E-state index contributed by atoms with van der Waals surface area (Å²) in [5.41, 5.74) is 6.72. The standard InChI is InChI=1S/C19H17Cl2N5O2S/c1-11(17(27)23-18(22)28)29-19-25-24-16(14-8-7-13(20)9-15(14)21)26(19)10-12-5-3-2-4-6-12/h2-9,11H,10H2,1H3,(H3,22,23,27,28). The number of halogens is 2. The van der Waals surface area contributed by atoms with Gasteiger partial charge in [0.1, 0.15) is 0 Å². The molecule has 3 rings (SSSR count). The van der Waals surface area contributed by atoms with Gasteiger partial charge in [0.2, 0.25) is 5.91 Å². The van der Waals surface area contributed by atoms with E-state index in [1.807, 2.05) is 34.9 Å². The Labute approximate surface area is 181 Å². The van der Waals surface area contributed by atoms with Gasteiger partial charge >= 0.3 is 6.03 Å². The van der Waals surface area contributed by atoms with Crippen LogP contribution in [0.2, 0.25) is 10.0 Å². The van der Waals surface area contributed by atoms with Crippen molar-refractivity contribution in [2.45, 2.75) is 23.9 Å². The Bertz CT molecular complexity index is 1040. The molecule has 0 bridgehead atoms. The zero-order chi connectivity index (χ0) is 21.0. The van der Waals surface area contributed by atoms with Gasteiger partial charge in [-0.15, -0.1) is 10.2 Å². The highest BCUT2D eigenvalue weighted by Crippen LogP contribution is 2.33. The molecule has 1 heterocycles. The molecular weight excluding hydrogens is 433 g/mol. The van der Waals surface area contributed by atoms with E-state index in [9.17, 15) is 9.59 Å². The van der Waals surface area contributed by atoms with Gasteiger partial charge in [-0.1, -0.05) is 65.3 Å². The van der Waals surface area contributed by atoms with E-state index in [0.29, 0.717) is 33.1 Å². The maximum Gasteiger partial charge on any atom is 0.318 e. The Morgan fingerprint density at radius 1 is 1.17 bits per heavy atom. The molecule has 0 saturated carbocycles. The summed E-state index contributed by atoms with van der Waals surface area (Å²) in [6.07, 6.45) is 0. The number of thioether (sulfide) groups is 1. The SMILES string of the molecule is CC(Sc1nnc(-c2ccc(Cl)cc2Cl)n1Cc1ccccc1)C(=O)NC(N)=O. The van der Waals surface area contributed by atoms with Crippen LogP contribution in [0.25, 0.3) is 11.4 Å². The van der Waals surface area contributed by atoms with Gasteiger partial charge in [0.15, 0.2) is 11.0 Å². The summed E-state index contributed by atoms with van der Waals surface area (Å²) in [5.74, 6) is 0.0309. The predicted octanol–water partition coefficient (Wildman–Crippen LogP) is 3.98. The summed E-state index contributed by atoms with van der Waals surface area (Å²) in [6, 6.07) is 14.0. The lowest BCUT2D eigenvalue weighted by Crippen LogP contribution is -2.39. The number of aromatic nitrogens is 3. The fraction of sp³-hybridized carbons (Fsp3) is 0.158. The second-order valence-corrected chi connectivity index (χ2v) is 8.27. The minimum Gasteiger partial charge on any atom is -0.351 e. The highest BCUT2D eigenvalue weighted by atomic mass is 35.5. The van der Waals surface area contributed by atoms with Gasteiger partial charge < -0.3 is 5.73 Å². The minimum atomic E-state index is -0.901. The molecule has 3 amide bonds. The molecule has 1 unspecified atom stereocenters. The normalized spacial score (nSPS) is 11.8. The molecule has 2 aromatic carbocycles. The van der Waals surface area contributed by atoms with Crippen molar-refractivity contribution in [1.29, 1.82) is 0 Å². The van der Waals surface area contributed by atoms with E-state index in [1.54, 1.807) is 25.1 Å². The van der Waals surface area contributed by atoms with Crippen LogP contribution in [-0.4, -0.2) is 32.0 Å². The van der Waals surface area contributed by atoms with Crippen molar-refractivity contribution in [2.75, 3.05) is 0 Å². The Morgan fingerprint density at radius 3 is 2.55 bits per heavy atom. The van der Waals surface area contributed by atoms with E-state index in [-0.39, 0.29) is 0 Å². The highest BCUT2D eigenvalue weighted by molar-refractivity contribution is 8.00. The van der Waals surface area contributed by atoms with Crippen molar-refractivity contribution in [1.82, 2.24) is 20.1 Å². The summed E-state index contributed by atoms with van der Waals surface area (Å²) in [7, 11) is 0. The van der Waals surface area contributed by atoms with Crippen molar-refractivity contribution in [3.63, 3.8) is 0 Å². The molecule has 0 aliphatic rings. The lowest BCUT2D eigenvalue weighted by molar-refractivity contribution is -0.119. The fourth-order valence-corrected chi connectivity index (χ4v) is 3.93. The second-order valence-electron chi connectivity index (χ2n) is 6.12. The van der Waals surface area contributed by atoms with Gasteiger partial charge in [-0.25, -0.2) is 4.79 Å². The highest BCUT2D eigenvalue weighted by Gasteiger charge is 2.22. The molecule has 7 nitrogen and oxygen atoms in total. The van der Waals surface area contributed by atoms with Crippen LogP contribution in [-0.2, 0) is 11.3 Å². The molecular formula is C19H17Cl2N5O2S. The third kappa shape index (κ3) is 5.29. The molecule has 0 aliphatic heterocycles. The molecule has 0 aliphatic carbocycles. The van der Waals surface area contributed by atoms with Crippen molar-refractivity contribution in [3.05, 3.63) is 64.1 Å². The van der Waals surface area contributed by atoms with Crippen molar-refractivity contribution in [3.8, 4) is 11.4 Å². The number of carbonyl (C=O) groups excluding carboxylic acids is 2. The number of hydrogen-bond acceptors (Lipinski definition) is 5. The van der Waals surface area contributed by atoms with Crippen LogP contribution < -0.4 is 11.1 Å². The van der Waals surface area contributed by atoms with Gasteiger partial charge in [-0.2, -0.15) is 0 Å². The topological polar surface area (TPSA) is 103 Å². The average molecular weight is 450 g/mol. The number of amides is 3. The first-order valence-corrected chi connectivity index (χ1v) is 10.2. The number of nitrogens with zero attached hydrogens (tertiary/aromatic N) is 3. The average Bonchev–Trinajstić information content (AvgIpc) is 3.04. The van der Waals surface area contributed by atoms with E-state index in [1.165, 1.54) is 0 Å². The van der Waals surface area contributed by atoms with Crippen LogP contribution in [0.1, 0.15) is 12.5 Å². The Balaban J connectivity index is 1.99. The summed E-state index contributed by atoms with van der Waals surface area (Å²) >= 11 is 13.5. The number of nitrogens with two attached hydrogens (primary N) is 1. The predicted molar refractivity (Wildman–Crippen MR) is 114 cm³/mol. The number of hydrogen-bond donors (Lipinski definition) is 2. The molecule has 1 aromatic heterocycles. The van der Waals surface area contributed by atoms with Gasteiger partial charge in [-0.05, 0) is 30.7 Å². The van der Waals surface area contributed by atoms with Crippen LogP contribution in [0.15, 0.2) is 53.7 Å². The second kappa shape index (κ2) is 9.30. The first-order valence-electron chi connectivity index (χ1n) is 8.54. The van der Waals surface area contributed by atoms with E-state index >= 15 is 0 Å². The zero-order valence-electron chi connectivity index (χ0n) is 15.3. The van der Waals surface area contributed by atoms with Crippen molar-refractivity contribution in [2.24, 2.45) is 5.73 Å². The number of nitrogens with one attached hydrogen (secondary N) is 1. The van der Waals surface area contributed by atoms with Crippen LogP contribution in [0, 0.1) is 0 Å². The molecule has 150 valence electrons. The maximum absolute atomic E-state index is 12.1. The molecule has 0 radical (unpaired) electrons. The fourth-order valence-electron chi connectivity index (χ4n) is 2.59. The number of carbonyl (C=O) groups is 2. The summed E-state index contributed by atoms with van der Waals surface area (Å²) < 4.78 is 1.86. The third-order valence-corrected chi connectivity index (χ3v) is 5.60. The molecule has 3 N–H and O–H groups in total. The van der Waals surface area contributed by atoms with Crippen LogP contribution in [0.3, 0.4) is 0 Å². The van der Waals surface area contributed by atoms with Gasteiger partial charge in [0.25, 0.3) is 0 Å². The van der Waals surface area contributed by atoms with Crippen LogP contribution in [0.5, 0.6) is 0 Å². The molecule has 0 saturated heterocycles. The first-order chi connectivity index (χ1) is 13.8. The number of primary amides is 1. The Kier molecular flexibility index (Phi) is 6.79.